The average Bonchev–Trinajstić information content (AvgIpc) is 2.16. The number of halogens is 1. The zero-order chi connectivity index (χ0) is 9.84. The molecule has 0 heterocycles. The third-order valence-corrected chi connectivity index (χ3v) is 2.36. The van der Waals surface area contributed by atoms with E-state index in [0.717, 1.165) is 12.0 Å². The van der Waals surface area contributed by atoms with Gasteiger partial charge in [-0.3, -0.25) is 0 Å². The van der Waals surface area contributed by atoms with Crippen molar-refractivity contribution < 1.29 is 9.13 Å². The van der Waals surface area contributed by atoms with Crippen LogP contribution in [0.1, 0.15) is 31.7 Å². The van der Waals surface area contributed by atoms with Crippen molar-refractivity contribution in [3.05, 3.63) is 29.6 Å². The minimum Gasteiger partial charge on any atom is -0.494 e. The summed E-state index contributed by atoms with van der Waals surface area (Å²) < 4.78 is 18.1. The molecule has 0 aliphatic carbocycles. The van der Waals surface area contributed by atoms with E-state index in [1.807, 2.05) is 6.07 Å². The largest absolute Gasteiger partial charge is 0.494 e. The van der Waals surface area contributed by atoms with Gasteiger partial charge in [-0.2, -0.15) is 0 Å². The molecular formula is C11H15FO. The topological polar surface area (TPSA) is 9.23 Å². The molecule has 2 heteroatoms. The zero-order valence-electron chi connectivity index (χ0n) is 8.30. The van der Waals surface area contributed by atoms with Gasteiger partial charge in [-0.05, 0) is 30.0 Å². The van der Waals surface area contributed by atoms with Crippen LogP contribution in [0.25, 0.3) is 0 Å². The van der Waals surface area contributed by atoms with Crippen LogP contribution in [-0.4, -0.2) is 7.11 Å². The molecule has 72 valence electrons. The number of hydrogen-bond donors (Lipinski definition) is 0. The van der Waals surface area contributed by atoms with Crippen LogP contribution in [0.4, 0.5) is 4.39 Å². The molecule has 1 aromatic carbocycles. The second-order valence-electron chi connectivity index (χ2n) is 3.20. The highest BCUT2D eigenvalue weighted by atomic mass is 19.1. The highest BCUT2D eigenvalue weighted by Gasteiger charge is 2.07. The number of rotatable bonds is 3. The van der Waals surface area contributed by atoms with Crippen LogP contribution in [0.3, 0.4) is 0 Å². The number of ether oxygens (including phenoxy) is 1. The first-order chi connectivity index (χ1) is 6.19. The molecule has 0 spiro atoms. The molecule has 0 radical (unpaired) electrons. The predicted octanol–water partition coefficient (Wildman–Crippen LogP) is 3.35. The highest BCUT2D eigenvalue weighted by molar-refractivity contribution is 5.30. The molecule has 1 aromatic rings. The lowest BCUT2D eigenvalue weighted by atomic mass is 9.99. The van der Waals surface area contributed by atoms with Crippen molar-refractivity contribution in [2.75, 3.05) is 7.11 Å². The van der Waals surface area contributed by atoms with Crippen molar-refractivity contribution in [3.63, 3.8) is 0 Å². The van der Waals surface area contributed by atoms with Gasteiger partial charge in [-0.1, -0.05) is 19.9 Å². The predicted molar refractivity (Wildman–Crippen MR) is 51.7 cm³/mol. The smallest absolute Gasteiger partial charge is 0.165 e. The fourth-order valence-electron chi connectivity index (χ4n) is 1.22. The third-order valence-electron chi connectivity index (χ3n) is 2.36. The summed E-state index contributed by atoms with van der Waals surface area (Å²) in [5.41, 5.74) is 1.03. The lowest BCUT2D eigenvalue weighted by Crippen LogP contribution is -1.94. The second kappa shape index (κ2) is 4.26. The van der Waals surface area contributed by atoms with E-state index in [4.69, 9.17) is 4.74 Å². The van der Waals surface area contributed by atoms with Crippen molar-refractivity contribution in [2.45, 2.75) is 26.2 Å². The lowest BCUT2D eigenvalue weighted by molar-refractivity contribution is 0.386. The van der Waals surface area contributed by atoms with Gasteiger partial charge in [0.05, 0.1) is 7.11 Å². The normalized spacial score (nSPS) is 12.6. The van der Waals surface area contributed by atoms with Crippen molar-refractivity contribution in [1.29, 1.82) is 0 Å². The van der Waals surface area contributed by atoms with E-state index in [-0.39, 0.29) is 5.82 Å². The highest BCUT2D eigenvalue weighted by Crippen LogP contribution is 2.24. The number of methoxy groups -OCH3 is 1. The summed E-state index contributed by atoms with van der Waals surface area (Å²) in [6, 6.07) is 5.14. The average molecular weight is 182 g/mol. The molecule has 0 aliphatic rings. The van der Waals surface area contributed by atoms with Gasteiger partial charge in [0.15, 0.2) is 11.6 Å². The van der Waals surface area contributed by atoms with E-state index in [1.54, 1.807) is 12.1 Å². The standard InChI is InChI=1S/C11H15FO/c1-4-8(2)9-5-6-11(13-3)10(12)7-9/h5-8H,4H2,1-3H3. The van der Waals surface area contributed by atoms with Gasteiger partial charge in [0.1, 0.15) is 0 Å². The fourth-order valence-corrected chi connectivity index (χ4v) is 1.22. The van der Waals surface area contributed by atoms with Crippen LogP contribution in [0.15, 0.2) is 18.2 Å². The Labute approximate surface area is 78.5 Å². The molecule has 0 saturated heterocycles. The monoisotopic (exact) mass is 182 g/mol. The molecule has 0 amide bonds. The van der Waals surface area contributed by atoms with E-state index in [9.17, 15) is 4.39 Å². The Morgan fingerprint density at radius 1 is 1.46 bits per heavy atom. The molecule has 13 heavy (non-hydrogen) atoms. The van der Waals surface area contributed by atoms with Crippen LogP contribution >= 0.6 is 0 Å². The van der Waals surface area contributed by atoms with Gasteiger partial charge >= 0.3 is 0 Å². The number of benzene rings is 1. The van der Waals surface area contributed by atoms with E-state index in [0.29, 0.717) is 11.7 Å². The molecule has 0 fully saturated rings. The van der Waals surface area contributed by atoms with Gasteiger partial charge in [0.25, 0.3) is 0 Å². The van der Waals surface area contributed by atoms with Gasteiger partial charge in [0, 0.05) is 0 Å². The molecular weight excluding hydrogens is 167 g/mol. The van der Waals surface area contributed by atoms with Crippen molar-refractivity contribution in [2.24, 2.45) is 0 Å². The van der Waals surface area contributed by atoms with Crippen molar-refractivity contribution in [3.8, 4) is 5.75 Å². The lowest BCUT2D eigenvalue weighted by Gasteiger charge is -2.10. The second-order valence-corrected chi connectivity index (χ2v) is 3.20. The summed E-state index contributed by atoms with van der Waals surface area (Å²) in [5, 5.41) is 0. The zero-order valence-corrected chi connectivity index (χ0v) is 8.30. The van der Waals surface area contributed by atoms with Crippen molar-refractivity contribution in [1.82, 2.24) is 0 Å². The summed E-state index contributed by atoms with van der Waals surface area (Å²) in [7, 11) is 1.47. The Morgan fingerprint density at radius 2 is 2.15 bits per heavy atom. The molecule has 1 atom stereocenters. The SMILES string of the molecule is CCC(C)c1ccc(OC)c(F)c1. The molecule has 0 saturated carbocycles. The molecule has 1 unspecified atom stereocenters. The molecule has 0 bridgehead atoms. The van der Waals surface area contributed by atoms with Crippen LogP contribution < -0.4 is 4.74 Å². The Hall–Kier alpha value is -1.05. The Morgan fingerprint density at radius 3 is 2.62 bits per heavy atom. The minimum atomic E-state index is -0.277. The van der Waals surface area contributed by atoms with Gasteiger partial charge in [-0.15, -0.1) is 0 Å². The fraction of sp³-hybridized carbons (Fsp3) is 0.455. The molecule has 0 aliphatic heterocycles. The van der Waals surface area contributed by atoms with Crippen LogP contribution in [0.2, 0.25) is 0 Å². The van der Waals surface area contributed by atoms with Crippen LogP contribution in [0.5, 0.6) is 5.75 Å². The van der Waals surface area contributed by atoms with E-state index < -0.39 is 0 Å². The number of hydrogen-bond acceptors (Lipinski definition) is 1. The maximum absolute atomic E-state index is 13.2. The summed E-state index contributed by atoms with van der Waals surface area (Å²) in [6.45, 7) is 4.17. The summed E-state index contributed by atoms with van der Waals surface area (Å²) in [5.74, 6) is 0.438. The van der Waals surface area contributed by atoms with E-state index in [2.05, 4.69) is 13.8 Å². The third kappa shape index (κ3) is 2.20. The van der Waals surface area contributed by atoms with Crippen LogP contribution in [0, 0.1) is 5.82 Å². The molecule has 0 aromatic heterocycles. The van der Waals surface area contributed by atoms with Crippen LogP contribution in [-0.2, 0) is 0 Å². The van der Waals surface area contributed by atoms with Gasteiger partial charge in [-0.25, -0.2) is 4.39 Å². The molecule has 0 N–H and O–H groups in total. The van der Waals surface area contributed by atoms with E-state index in [1.165, 1.54) is 7.11 Å². The Kier molecular flexibility index (Phi) is 3.29. The first kappa shape index (κ1) is 10.0. The molecule has 1 nitrogen and oxygen atoms in total. The summed E-state index contributed by atoms with van der Waals surface area (Å²) >= 11 is 0. The maximum Gasteiger partial charge on any atom is 0.165 e. The van der Waals surface area contributed by atoms with Crippen molar-refractivity contribution >= 4 is 0 Å². The quantitative estimate of drug-likeness (QED) is 0.696. The Balaban J connectivity index is 2.95. The van der Waals surface area contributed by atoms with Gasteiger partial charge in [0.2, 0.25) is 0 Å². The molecule has 1 rings (SSSR count). The first-order valence-corrected chi connectivity index (χ1v) is 4.52. The van der Waals surface area contributed by atoms with Gasteiger partial charge < -0.3 is 4.74 Å². The summed E-state index contributed by atoms with van der Waals surface area (Å²) in [4.78, 5) is 0. The maximum atomic E-state index is 13.2. The first-order valence-electron chi connectivity index (χ1n) is 4.52. The Bertz CT molecular complexity index is 283. The minimum absolute atomic E-state index is 0.277. The van der Waals surface area contributed by atoms with E-state index >= 15 is 0 Å². The summed E-state index contributed by atoms with van der Waals surface area (Å²) in [6.07, 6.45) is 1.02.